The number of carbonyl (C=O) groups excluding carboxylic acids is 1. The van der Waals surface area contributed by atoms with Gasteiger partial charge in [-0.05, 0) is 32.9 Å². The maximum absolute atomic E-state index is 11.8. The van der Waals surface area contributed by atoms with Crippen LogP contribution in [0.25, 0.3) is 0 Å². The highest BCUT2D eigenvalue weighted by Crippen LogP contribution is 2.22. The Labute approximate surface area is 114 Å². The highest BCUT2D eigenvalue weighted by atomic mass is 16.5. The number of carbonyl (C=O) groups is 1. The van der Waals surface area contributed by atoms with Gasteiger partial charge in [-0.2, -0.15) is 0 Å². The monoisotopic (exact) mass is 266 g/mol. The lowest BCUT2D eigenvalue weighted by atomic mass is 9.99. The van der Waals surface area contributed by atoms with Crippen LogP contribution in [0.5, 0.6) is 5.75 Å². The van der Waals surface area contributed by atoms with Gasteiger partial charge in [-0.15, -0.1) is 0 Å². The summed E-state index contributed by atoms with van der Waals surface area (Å²) in [5.74, 6) is 0.434. The van der Waals surface area contributed by atoms with Crippen molar-refractivity contribution in [3.05, 3.63) is 24.3 Å². The number of nitrogens with one attached hydrogen (secondary N) is 2. The number of hydrogen-bond donors (Lipinski definition) is 3. The molecule has 0 aliphatic heterocycles. The molecule has 0 aromatic heterocycles. The summed E-state index contributed by atoms with van der Waals surface area (Å²) in [5.41, 5.74) is 0.115. The molecule has 0 saturated carbocycles. The van der Waals surface area contributed by atoms with E-state index in [2.05, 4.69) is 10.6 Å². The lowest BCUT2D eigenvalue weighted by molar-refractivity contribution is -0.115. The summed E-state index contributed by atoms with van der Waals surface area (Å²) in [4.78, 5) is 11.8. The fourth-order valence-corrected chi connectivity index (χ4v) is 1.40. The van der Waals surface area contributed by atoms with Crippen LogP contribution in [-0.4, -0.2) is 36.3 Å². The summed E-state index contributed by atoms with van der Waals surface area (Å²) in [5, 5.41) is 15.3. The zero-order valence-corrected chi connectivity index (χ0v) is 11.9. The molecule has 1 unspecified atom stereocenters. The lowest BCUT2D eigenvalue weighted by Gasteiger charge is -2.29. The van der Waals surface area contributed by atoms with Crippen molar-refractivity contribution in [3.63, 3.8) is 0 Å². The molecule has 0 aliphatic rings. The number of hydrogen-bond acceptors (Lipinski definition) is 4. The molecule has 0 bridgehead atoms. The van der Waals surface area contributed by atoms with E-state index in [-0.39, 0.29) is 12.5 Å². The molecule has 1 amide bonds. The molecule has 0 heterocycles. The van der Waals surface area contributed by atoms with Crippen LogP contribution in [0.1, 0.15) is 20.8 Å². The van der Waals surface area contributed by atoms with Crippen LogP contribution < -0.4 is 15.4 Å². The third-order valence-corrected chi connectivity index (χ3v) is 3.13. The van der Waals surface area contributed by atoms with Crippen molar-refractivity contribution < 1.29 is 14.6 Å². The Balaban J connectivity index is 2.57. The number of aliphatic hydroxyl groups excluding tert-OH is 1. The van der Waals surface area contributed by atoms with E-state index >= 15 is 0 Å². The van der Waals surface area contributed by atoms with Crippen molar-refractivity contribution >= 4 is 11.6 Å². The van der Waals surface area contributed by atoms with Gasteiger partial charge in [0.15, 0.2) is 0 Å². The molecule has 1 rings (SSSR count). The molecule has 5 heteroatoms. The van der Waals surface area contributed by atoms with Gasteiger partial charge in [0.25, 0.3) is 0 Å². The van der Waals surface area contributed by atoms with Gasteiger partial charge >= 0.3 is 0 Å². The first-order chi connectivity index (χ1) is 8.86. The van der Waals surface area contributed by atoms with Crippen LogP contribution in [0.4, 0.5) is 5.69 Å². The first-order valence-electron chi connectivity index (χ1n) is 6.23. The second kappa shape index (κ2) is 6.54. The minimum Gasteiger partial charge on any atom is -0.495 e. The Kier molecular flexibility index (Phi) is 5.32. The minimum atomic E-state index is -0.549. The second-order valence-corrected chi connectivity index (χ2v) is 5.00. The van der Waals surface area contributed by atoms with Crippen LogP contribution in [0.3, 0.4) is 0 Å². The van der Waals surface area contributed by atoms with Crippen LogP contribution in [-0.2, 0) is 4.79 Å². The molecule has 5 nitrogen and oxygen atoms in total. The smallest absolute Gasteiger partial charge is 0.238 e. The molecular formula is C14H22N2O3. The predicted octanol–water partition coefficient (Wildman–Crippen LogP) is 1.38. The van der Waals surface area contributed by atoms with Crippen molar-refractivity contribution in [1.29, 1.82) is 0 Å². The number of para-hydroxylation sites is 2. The summed E-state index contributed by atoms with van der Waals surface area (Å²) in [6.07, 6.45) is -0.549. The average molecular weight is 266 g/mol. The van der Waals surface area contributed by atoms with Crippen molar-refractivity contribution in [2.45, 2.75) is 32.4 Å². The normalized spacial score (nSPS) is 12.9. The summed E-state index contributed by atoms with van der Waals surface area (Å²) in [7, 11) is 1.56. The Morgan fingerprint density at radius 1 is 1.42 bits per heavy atom. The maximum Gasteiger partial charge on any atom is 0.238 e. The fraction of sp³-hybridized carbons (Fsp3) is 0.500. The van der Waals surface area contributed by atoms with Gasteiger partial charge in [0, 0.05) is 5.54 Å². The summed E-state index contributed by atoms with van der Waals surface area (Å²) >= 11 is 0. The number of aliphatic hydroxyl groups is 1. The molecule has 0 radical (unpaired) electrons. The predicted molar refractivity (Wildman–Crippen MR) is 75.4 cm³/mol. The SMILES string of the molecule is COc1ccccc1NC(=O)CNC(C)(C)C(C)O. The number of ether oxygens (including phenoxy) is 1. The van der Waals surface area contributed by atoms with Crippen LogP contribution in [0.2, 0.25) is 0 Å². The molecular weight excluding hydrogens is 244 g/mol. The topological polar surface area (TPSA) is 70.6 Å². The Bertz CT molecular complexity index is 430. The second-order valence-electron chi connectivity index (χ2n) is 5.00. The van der Waals surface area contributed by atoms with Crippen molar-refractivity contribution in [2.75, 3.05) is 19.0 Å². The summed E-state index contributed by atoms with van der Waals surface area (Å²) in [6, 6.07) is 7.22. The average Bonchev–Trinajstić information content (AvgIpc) is 2.37. The quantitative estimate of drug-likeness (QED) is 0.727. The van der Waals surface area contributed by atoms with Crippen molar-refractivity contribution in [1.82, 2.24) is 5.32 Å². The van der Waals surface area contributed by atoms with Gasteiger partial charge < -0.3 is 20.5 Å². The zero-order chi connectivity index (χ0) is 14.5. The lowest BCUT2D eigenvalue weighted by Crippen LogP contribution is -2.50. The molecule has 0 aliphatic carbocycles. The van der Waals surface area contributed by atoms with Gasteiger partial charge in [0.05, 0.1) is 25.4 Å². The molecule has 106 valence electrons. The molecule has 1 aromatic rings. The molecule has 3 N–H and O–H groups in total. The minimum absolute atomic E-state index is 0.121. The number of anilines is 1. The van der Waals surface area contributed by atoms with Crippen molar-refractivity contribution in [2.24, 2.45) is 0 Å². The zero-order valence-electron chi connectivity index (χ0n) is 11.9. The van der Waals surface area contributed by atoms with Crippen LogP contribution >= 0.6 is 0 Å². The van der Waals surface area contributed by atoms with Crippen molar-refractivity contribution in [3.8, 4) is 5.75 Å². The molecule has 1 aromatic carbocycles. The first kappa shape index (κ1) is 15.5. The maximum atomic E-state index is 11.8. The third-order valence-electron chi connectivity index (χ3n) is 3.13. The van der Waals surface area contributed by atoms with Gasteiger partial charge in [0.1, 0.15) is 5.75 Å². The number of benzene rings is 1. The van der Waals surface area contributed by atoms with E-state index in [1.165, 1.54) is 0 Å². The molecule has 0 saturated heterocycles. The Hall–Kier alpha value is -1.59. The molecule has 0 fully saturated rings. The summed E-state index contributed by atoms with van der Waals surface area (Å²) < 4.78 is 5.15. The highest BCUT2D eigenvalue weighted by Gasteiger charge is 2.24. The largest absolute Gasteiger partial charge is 0.495 e. The fourth-order valence-electron chi connectivity index (χ4n) is 1.40. The van der Waals surface area contributed by atoms with E-state index in [1.54, 1.807) is 26.2 Å². The third kappa shape index (κ3) is 4.54. The standard InChI is InChI=1S/C14H22N2O3/c1-10(17)14(2,3)15-9-13(18)16-11-7-5-6-8-12(11)19-4/h5-8,10,15,17H,9H2,1-4H3,(H,16,18). The van der Waals surface area contributed by atoms with Gasteiger partial charge in [0.2, 0.25) is 5.91 Å². The van der Waals surface area contributed by atoms with E-state index in [9.17, 15) is 9.90 Å². The summed E-state index contributed by atoms with van der Waals surface area (Å²) in [6.45, 7) is 5.49. The Morgan fingerprint density at radius 2 is 2.05 bits per heavy atom. The highest BCUT2D eigenvalue weighted by molar-refractivity contribution is 5.93. The van der Waals surface area contributed by atoms with Crippen LogP contribution in [0.15, 0.2) is 24.3 Å². The molecule has 1 atom stereocenters. The first-order valence-corrected chi connectivity index (χ1v) is 6.23. The van der Waals surface area contributed by atoms with E-state index in [0.717, 1.165) is 0 Å². The number of amides is 1. The number of rotatable bonds is 6. The van der Waals surface area contributed by atoms with Gasteiger partial charge in [-0.1, -0.05) is 12.1 Å². The van der Waals surface area contributed by atoms with E-state index < -0.39 is 11.6 Å². The van der Waals surface area contributed by atoms with E-state index in [1.807, 2.05) is 26.0 Å². The van der Waals surface area contributed by atoms with Gasteiger partial charge in [-0.3, -0.25) is 4.79 Å². The Morgan fingerprint density at radius 3 is 2.63 bits per heavy atom. The van der Waals surface area contributed by atoms with E-state index in [4.69, 9.17) is 4.74 Å². The number of methoxy groups -OCH3 is 1. The van der Waals surface area contributed by atoms with Crippen LogP contribution in [0, 0.1) is 0 Å². The van der Waals surface area contributed by atoms with E-state index in [0.29, 0.717) is 11.4 Å². The molecule has 0 spiro atoms. The van der Waals surface area contributed by atoms with Gasteiger partial charge in [-0.25, -0.2) is 0 Å². The molecule has 19 heavy (non-hydrogen) atoms.